The summed E-state index contributed by atoms with van der Waals surface area (Å²) in [6.07, 6.45) is 0. The lowest BCUT2D eigenvalue weighted by atomic mass is 10.1. The largest absolute Gasteiger partial charge is 0.495 e. The van der Waals surface area contributed by atoms with Gasteiger partial charge in [0.15, 0.2) is 0 Å². The van der Waals surface area contributed by atoms with Crippen molar-refractivity contribution in [3.63, 3.8) is 0 Å². The molecule has 30 heavy (non-hydrogen) atoms. The second-order valence-electron chi connectivity index (χ2n) is 6.55. The molecule has 3 aromatic rings. The Morgan fingerprint density at radius 2 is 1.80 bits per heavy atom. The van der Waals surface area contributed by atoms with Crippen LogP contribution in [0, 0.1) is 0 Å². The first-order chi connectivity index (χ1) is 14.6. The molecule has 0 saturated heterocycles. The van der Waals surface area contributed by atoms with E-state index >= 15 is 0 Å². The smallest absolute Gasteiger partial charge is 0.282 e. The Balaban J connectivity index is 1.86. The SMILES string of the molecule is CCN(C1=C(c2cccs2)C(=O)N(c2ccc(OC)c(Cl)c2)C1=O)c1ccccc1. The van der Waals surface area contributed by atoms with Gasteiger partial charge in [-0.25, -0.2) is 4.90 Å². The normalized spacial score (nSPS) is 13.9. The number of hydrogen-bond acceptors (Lipinski definition) is 5. The molecule has 7 heteroatoms. The molecular weight excluding hydrogens is 420 g/mol. The van der Waals surface area contributed by atoms with Gasteiger partial charge in [0.25, 0.3) is 11.8 Å². The molecule has 0 radical (unpaired) electrons. The van der Waals surface area contributed by atoms with E-state index in [2.05, 4.69) is 0 Å². The van der Waals surface area contributed by atoms with Crippen molar-refractivity contribution in [3.8, 4) is 5.75 Å². The van der Waals surface area contributed by atoms with Gasteiger partial charge < -0.3 is 9.64 Å². The lowest BCUT2D eigenvalue weighted by Crippen LogP contribution is -2.35. The fraction of sp³-hybridized carbons (Fsp3) is 0.130. The molecule has 0 N–H and O–H groups in total. The van der Waals surface area contributed by atoms with E-state index in [-0.39, 0.29) is 11.8 Å². The molecule has 4 rings (SSSR count). The summed E-state index contributed by atoms with van der Waals surface area (Å²) in [5.74, 6) is -0.269. The van der Waals surface area contributed by atoms with E-state index in [0.717, 1.165) is 10.6 Å². The number of carbonyl (C=O) groups is 2. The van der Waals surface area contributed by atoms with Gasteiger partial charge in [-0.15, -0.1) is 11.3 Å². The number of thiophene rings is 1. The summed E-state index contributed by atoms with van der Waals surface area (Å²) in [4.78, 5) is 30.9. The minimum atomic E-state index is -0.379. The summed E-state index contributed by atoms with van der Waals surface area (Å²) in [7, 11) is 1.51. The predicted molar refractivity (Wildman–Crippen MR) is 121 cm³/mol. The molecule has 2 aromatic carbocycles. The van der Waals surface area contributed by atoms with Crippen LogP contribution in [0.2, 0.25) is 5.02 Å². The number of likely N-dealkylation sites (N-methyl/N-ethyl adjacent to an activating group) is 1. The van der Waals surface area contributed by atoms with Crippen LogP contribution in [0.15, 0.2) is 71.7 Å². The molecule has 0 aliphatic carbocycles. The van der Waals surface area contributed by atoms with Crippen LogP contribution in [0.25, 0.3) is 5.57 Å². The van der Waals surface area contributed by atoms with Gasteiger partial charge in [0.05, 0.1) is 23.4 Å². The number of ether oxygens (including phenoxy) is 1. The van der Waals surface area contributed by atoms with Crippen LogP contribution in [0.4, 0.5) is 11.4 Å². The number of carbonyl (C=O) groups excluding carboxylic acids is 2. The number of para-hydroxylation sites is 1. The zero-order valence-electron chi connectivity index (χ0n) is 16.5. The van der Waals surface area contributed by atoms with Gasteiger partial charge in [-0.1, -0.05) is 35.9 Å². The summed E-state index contributed by atoms with van der Waals surface area (Å²) in [5, 5.41) is 2.22. The Labute approximate surface area is 183 Å². The second-order valence-corrected chi connectivity index (χ2v) is 7.90. The first-order valence-electron chi connectivity index (χ1n) is 9.39. The topological polar surface area (TPSA) is 49.9 Å². The van der Waals surface area contributed by atoms with Crippen LogP contribution in [-0.2, 0) is 9.59 Å². The van der Waals surface area contributed by atoms with Gasteiger partial charge in [-0.3, -0.25) is 9.59 Å². The van der Waals surface area contributed by atoms with Crippen molar-refractivity contribution in [2.24, 2.45) is 0 Å². The number of halogens is 1. The summed E-state index contributed by atoms with van der Waals surface area (Å²) in [6.45, 7) is 2.49. The molecular formula is C23H19ClN2O3S. The number of rotatable bonds is 6. The average molecular weight is 439 g/mol. The van der Waals surface area contributed by atoms with Crippen molar-refractivity contribution in [3.05, 3.63) is 81.6 Å². The Hall–Kier alpha value is -3.09. The monoisotopic (exact) mass is 438 g/mol. The predicted octanol–water partition coefficient (Wildman–Crippen LogP) is 5.22. The minimum absolute atomic E-state index is 0.331. The van der Waals surface area contributed by atoms with Crippen molar-refractivity contribution >= 4 is 51.7 Å². The molecule has 0 fully saturated rings. The number of amides is 2. The van der Waals surface area contributed by atoms with Crippen molar-refractivity contribution < 1.29 is 14.3 Å². The molecule has 0 saturated carbocycles. The van der Waals surface area contributed by atoms with Crippen LogP contribution in [0.3, 0.4) is 0 Å². The molecule has 1 aliphatic heterocycles. The average Bonchev–Trinajstić information content (AvgIpc) is 3.36. The number of hydrogen-bond donors (Lipinski definition) is 0. The number of methoxy groups -OCH3 is 1. The van der Waals surface area contributed by atoms with Gasteiger partial charge in [-0.2, -0.15) is 0 Å². The summed E-state index contributed by atoms with van der Waals surface area (Å²) in [5.41, 5.74) is 2.01. The maximum Gasteiger partial charge on any atom is 0.282 e. The molecule has 2 heterocycles. The van der Waals surface area contributed by atoms with E-state index in [9.17, 15) is 9.59 Å². The van der Waals surface area contributed by atoms with Gasteiger partial charge in [0.2, 0.25) is 0 Å². The molecule has 152 valence electrons. The van der Waals surface area contributed by atoms with Crippen LogP contribution < -0.4 is 14.5 Å². The van der Waals surface area contributed by atoms with Crippen LogP contribution in [0.5, 0.6) is 5.75 Å². The van der Waals surface area contributed by atoms with Crippen molar-refractivity contribution in [1.82, 2.24) is 0 Å². The molecule has 0 bridgehead atoms. The highest BCUT2D eigenvalue weighted by atomic mass is 35.5. The molecule has 0 spiro atoms. The highest BCUT2D eigenvalue weighted by Crippen LogP contribution is 2.39. The summed E-state index contributed by atoms with van der Waals surface area (Å²) >= 11 is 7.69. The summed E-state index contributed by atoms with van der Waals surface area (Å²) < 4.78 is 5.19. The highest BCUT2D eigenvalue weighted by Gasteiger charge is 2.43. The fourth-order valence-electron chi connectivity index (χ4n) is 3.52. The maximum absolute atomic E-state index is 13.6. The van der Waals surface area contributed by atoms with Crippen LogP contribution in [-0.4, -0.2) is 25.5 Å². The van der Waals surface area contributed by atoms with Gasteiger partial charge in [0, 0.05) is 17.1 Å². The van der Waals surface area contributed by atoms with E-state index in [4.69, 9.17) is 16.3 Å². The Morgan fingerprint density at radius 1 is 1.03 bits per heavy atom. The third kappa shape index (κ3) is 3.38. The molecule has 0 atom stereocenters. The third-order valence-electron chi connectivity index (χ3n) is 4.87. The zero-order chi connectivity index (χ0) is 21.3. The first-order valence-corrected chi connectivity index (χ1v) is 10.7. The van der Waals surface area contributed by atoms with E-state index in [1.54, 1.807) is 18.2 Å². The van der Waals surface area contributed by atoms with E-state index in [0.29, 0.717) is 34.3 Å². The lowest BCUT2D eigenvalue weighted by Gasteiger charge is -2.24. The highest BCUT2D eigenvalue weighted by molar-refractivity contribution is 7.11. The van der Waals surface area contributed by atoms with Gasteiger partial charge >= 0.3 is 0 Å². The van der Waals surface area contributed by atoms with Crippen molar-refractivity contribution in [1.29, 1.82) is 0 Å². The molecule has 1 aliphatic rings. The van der Waals surface area contributed by atoms with Crippen molar-refractivity contribution in [2.45, 2.75) is 6.92 Å². The summed E-state index contributed by atoms with van der Waals surface area (Å²) in [6, 6.07) is 18.2. The number of benzene rings is 2. The molecule has 2 amide bonds. The van der Waals surface area contributed by atoms with Gasteiger partial charge in [0.1, 0.15) is 11.4 Å². The third-order valence-corrected chi connectivity index (χ3v) is 6.06. The van der Waals surface area contributed by atoms with E-state index in [1.165, 1.54) is 23.3 Å². The van der Waals surface area contributed by atoms with Crippen molar-refractivity contribution in [2.75, 3.05) is 23.5 Å². The lowest BCUT2D eigenvalue weighted by molar-refractivity contribution is -0.120. The quantitative estimate of drug-likeness (QED) is 0.495. The number of nitrogens with zero attached hydrogens (tertiary/aromatic N) is 2. The Bertz CT molecular complexity index is 1130. The van der Waals surface area contributed by atoms with Crippen LogP contribution >= 0.6 is 22.9 Å². The minimum Gasteiger partial charge on any atom is -0.495 e. The number of anilines is 2. The maximum atomic E-state index is 13.6. The first kappa shape index (κ1) is 20.2. The number of imide groups is 1. The van der Waals surface area contributed by atoms with E-state index < -0.39 is 0 Å². The molecule has 5 nitrogen and oxygen atoms in total. The Morgan fingerprint density at radius 3 is 2.40 bits per heavy atom. The molecule has 1 aromatic heterocycles. The standard InChI is InChI=1S/C23H19ClN2O3S/c1-3-25(15-8-5-4-6-9-15)21-20(19-10-7-13-30-19)22(27)26(23(21)28)16-11-12-18(29-2)17(24)14-16/h4-14H,3H2,1-2H3. The van der Waals surface area contributed by atoms with E-state index in [1.807, 2.05) is 59.7 Å². The Kier molecular flexibility index (Phi) is 5.61. The fourth-order valence-corrected chi connectivity index (χ4v) is 4.53. The van der Waals surface area contributed by atoms with Crippen LogP contribution in [0.1, 0.15) is 11.8 Å². The second kappa shape index (κ2) is 8.34. The molecule has 0 unspecified atom stereocenters. The van der Waals surface area contributed by atoms with Gasteiger partial charge in [-0.05, 0) is 48.7 Å². The zero-order valence-corrected chi connectivity index (χ0v) is 18.0.